The Kier molecular flexibility index (Phi) is 6.49. The van der Waals surface area contributed by atoms with Crippen molar-refractivity contribution in [3.8, 4) is 5.75 Å². The predicted octanol–water partition coefficient (Wildman–Crippen LogP) is 2.32. The first-order chi connectivity index (χ1) is 10.6. The van der Waals surface area contributed by atoms with Crippen molar-refractivity contribution in [2.24, 2.45) is 5.73 Å². The van der Waals surface area contributed by atoms with Crippen LogP contribution in [-0.2, 0) is 4.74 Å². The third-order valence-corrected chi connectivity index (χ3v) is 3.82. The summed E-state index contributed by atoms with van der Waals surface area (Å²) in [7, 11) is 0. The zero-order chi connectivity index (χ0) is 15.9. The van der Waals surface area contributed by atoms with Crippen molar-refractivity contribution in [3.63, 3.8) is 0 Å². The molecule has 2 N–H and O–H groups in total. The van der Waals surface area contributed by atoms with Gasteiger partial charge in [-0.2, -0.15) is 0 Å². The minimum atomic E-state index is -0.0206. The van der Waals surface area contributed by atoms with E-state index < -0.39 is 0 Å². The van der Waals surface area contributed by atoms with Crippen LogP contribution in [-0.4, -0.2) is 49.8 Å². The minimum Gasteiger partial charge on any atom is -0.492 e. The molecule has 1 atom stereocenters. The fourth-order valence-corrected chi connectivity index (χ4v) is 2.61. The maximum absolute atomic E-state index is 12.6. The van der Waals surface area contributed by atoms with Crippen molar-refractivity contribution in [2.45, 2.75) is 25.9 Å². The van der Waals surface area contributed by atoms with E-state index in [0.717, 1.165) is 12.8 Å². The lowest BCUT2D eigenvalue weighted by Crippen LogP contribution is -2.35. The second-order valence-corrected chi connectivity index (χ2v) is 5.83. The molecule has 0 bridgehead atoms. The van der Waals surface area contributed by atoms with Gasteiger partial charge in [-0.1, -0.05) is 11.6 Å². The van der Waals surface area contributed by atoms with Crippen molar-refractivity contribution in [3.05, 3.63) is 28.8 Å². The van der Waals surface area contributed by atoms with Crippen molar-refractivity contribution in [1.29, 1.82) is 0 Å². The normalized spacial score (nSPS) is 18.9. The van der Waals surface area contributed by atoms with Gasteiger partial charge in [0.05, 0.1) is 17.7 Å². The molecule has 1 aromatic rings. The van der Waals surface area contributed by atoms with E-state index in [1.54, 1.807) is 18.2 Å². The molecule has 0 aromatic heterocycles. The van der Waals surface area contributed by atoms with E-state index in [9.17, 15) is 4.79 Å². The van der Waals surface area contributed by atoms with E-state index in [4.69, 9.17) is 26.8 Å². The van der Waals surface area contributed by atoms with E-state index >= 15 is 0 Å². The average Bonchev–Trinajstić information content (AvgIpc) is 2.73. The van der Waals surface area contributed by atoms with Gasteiger partial charge in [0.15, 0.2) is 0 Å². The Balaban J connectivity index is 2.04. The van der Waals surface area contributed by atoms with Crippen LogP contribution in [0.1, 0.15) is 30.1 Å². The van der Waals surface area contributed by atoms with Gasteiger partial charge in [-0.05, 0) is 44.5 Å². The molecule has 2 rings (SSSR count). The lowest BCUT2D eigenvalue weighted by Gasteiger charge is -2.22. The summed E-state index contributed by atoms with van der Waals surface area (Å²) in [5, 5.41) is 0.446. The van der Waals surface area contributed by atoms with Crippen LogP contribution in [0, 0.1) is 0 Å². The molecule has 5 nitrogen and oxygen atoms in total. The molecule has 0 spiro atoms. The molecule has 1 aromatic carbocycles. The lowest BCUT2D eigenvalue weighted by atomic mass is 10.1. The number of nitrogens with zero attached hydrogens (tertiary/aromatic N) is 1. The first-order valence-electron chi connectivity index (χ1n) is 7.65. The van der Waals surface area contributed by atoms with Gasteiger partial charge in [-0.25, -0.2) is 0 Å². The van der Waals surface area contributed by atoms with Crippen LogP contribution < -0.4 is 10.5 Å². The van der Waals surface area contributed by atoms with Gasteiger partial charge >= 0.3 is 0 Å². The summed E-state index contributed by atoms with van der Waals surface area (Å²) in [5.74, 6) is 0.562. The highest BCUT2D eigenvalue weighted by atomic mass is 35.5. The van der Waals surface area contributed by atoms with Crippen LogP contribution in [0.25, 0.3) is 0 Å². The topological polar surface area (TPSA) is 64.8 Å². The minimum absolute atomic E-state index is 0.0206. The highest BCUT2D eigenvalue weighted by Gasteiger charge is 2.21. The number of benzene rings is 1. The van der Waals surface area contributed by atoms with E-state index in [1.807, 2.05) is 11.8 Å². The Morgan fingerprint density at radius 2 is 2.36 bits per heavy atom. The fourth-order valence-electron chi connectivity index (χ4n) is 2.38. The highest BCUT2D eigenvalue weighted by Crippen LogP contribution is 2.26. The molecule has 122 valence electrons. The van der Waals surface area contributed by atoms with Gasteiger partial charge in [0.25, 0.3) is 5.91 Å². The third kappa shape index (κ3) is 4.60. The molecule has 0 radical (unpaired) electrons. The number of ether oxygens (including phenoxy) is 2. The largest absolute Gasteiger partial charge is 0.492 e. The average molecular weight is 327 g/mol. The smallest absolute Gasteiger partial charge is 0.253 e. The molecule has 6 heteroatoms. The van der Waals surface area contributed by atoms with Crippen LogP contribution in [0.3, 0.4) is 0 Å². The van der Waals surface area contributed by atoms with E-state index in [2.05, 4.69) is 0 Å². The molecule has 22 heavy (non-hydrogen) atoms. The molecular weight excluding hydrogens is 304 g/mol. The van der Waals surface area contributed by atoms with Gasteiger partial charge in [0, 0.05) is 25.3 Å². The predicted molar refractivity (Wildman–Crippen MR) is 86.6 cm³/mol. The molecule has 0 aliphatic carbocycles. The molecule has 1 saturated heterocycles. The summed E-state index contributed by atoms with van der Waals surface area (Å²) in [5.41, 5.74) is 6.00. The number of rotatable bonds is 5. The summed E-state index contributed by atoms with van der Waals surface area (Å²) >= 11 is 6.20. The van der Waals surface area contributed by atoms with Crippen molar-refractivity contribution >= 4 is 17.5 Å². The zero-order valence-corrected chi connectivity index (χ0v) is 13.6. The molecule has 1 aliphatic rings. The first kappa shape index (κ1) is 17.1. The number of carbonyl (C=O) groups is 1. The van der Waals surface area contributed by atoms with Gasteiger partial charge in [0.2, 0.25) is 0 Å². The zero-order valence-electron chi connectivity index (χ0n) is 12.9. The highest BCUT2D eigenvalue weighted by molar-refractivity contribution is 6.32. The summed E-state index contributed by atoms with van der Waals surface area (Å²) in [4.78, 5) is 14.4. The van der Waals surface area contributed by atoms with Crippen molar-refractivity contribution < 1.29 is 14.3 Å². The molecule has 1 heterocycles. The number of halogens is 1. The number of amides is 1. The van der Waals surface area contributed by atoms with Crippen molar-refractivity contribution in [2.75, 3.05) is 32.8 Å². The van der Waals surface area contributed by atoms with Gasteiger partial charge in [-0.3, -0.25) is 4.79 Å². The monoisotopic (exact) mass is 326 g/mol. The molecule has 1 unspecified atom stereocenters. The molecule has 0 saturated carbocycles. The van der Waals surface area contributed by atoms with Crippen LogP contribution in [0.4, 0.5) is 0 Å². The van der Waals surface area contributed by atoms with Gasteiger partial charge < -0.3 is 20.1 Å². The number of hydrogen-bond donors (Lipinski definition) is 1. The second-order valence-electron chi connectivity index (χ2n) is 5.42. The Labute approximate surface area is 136 Å². The van der Waals surface area contributed by atoms with Crippen molar-refractivity contribution in [1.82, 2.24) is 4.90 Å². The van der Waals surface area contributed by atoms with Crippen LogP contribution in [0.2, 0.25) is 5.02 Å². The summed E-state index contributed by atoms with van der Waals surface area (Å²) in [6.45, 7) is 5.07. The Bertz CT molecular complexity index is 510. The van der Waals surface area contributed by atoms with Crippen LogP contribution >= 0.6 is 11.6 Å². The molecule has 1 fully saturated rings. The standard InChI is InChI=1S/C16H23ClN2O3/c1-12-11-19(7-3-9-21-12)16(20)13-4-5-15(14(17)10-13)22-8-2-6-18/h4-5,10,12H,2-3,6-9,11,18H2,1H3. The summed E-state index contributed by atoms with van der Waals surface area (Å²) < 4.78 is 11.1. The molecule has 1 amide bonds. The molecule has 1 aliphatic heterocycles. The SMILES string of the molecule is CC1CN(C(=O)c2ccc(OCCCN)c(Cl)c2)CCCO1. The number of hydrogen-bond acceptors (Lipinski definition) is 4. The van der Waals surface area contributed by atoms with E-state index in [-0.39, 0.29) is 12.0 Å². The Morgan fingerprint density at radius 3 is 3.09 bits per heavy atom. The van der Waals surface area contributed by atoms with Crippen LogP contribution in [0.15, 0.2) is 18.2 Å². The van der Waals surface area contributed by atoms with E-state index in [1.165, 1.54) is 0 Å². The maximum Gasteiger partial charge on any atom is 0.253 e. The quantitative estimate of drug-likeness (QED) is 0.843. The number of carbonyl (C=O) groups excluding carboxylic acids is 1. The fraction of sp³-hybridized carbons (Fsp3) is 0.562. The summed E-state index contributed by atoms with van der Waals surface area (Å²) in [6.07, 6.45) is 1.67. The third-order valence-electron chi connectivity index (χ3n) is 3.52. The van der Waals surface area contributed by atoms with E-state index in [0.29, 0.717) is 49.2 Å². The Morgan fingerprint density at radius 1 is 1.55 bits per heavy atom. The number of nitrogens with two attached hydrogens (primary N) is 1. The summed E-state index contributed by atoms with van der Waals surface area (Å²) in [6, 6.07) is 5.16. The second kappa shape index (κ2) is 8.36. The maximum atomic E-state index is 12.6. The van der Waals surface area contributed by atoms with Crippen LogP contribution in [0.5, 0.6) is 5.75 Å². The first-order valence-corrected chi connectivity index (χ1v) is 8.03. The Hall–Kier alpha value is -1.30. The molecular formula is C16H23ClN2O3. The van der Waals surface area contributed by atoms with Gasteiger partial charge in [0.1, 0.15) is 5.75 Å². The lowest BCUT2D eigenvalue weighted by molar-refractivity contribution is 0.0562. The van der Waals surface area contributed by atoms with Gasteiger partial charge in [-0.15, -0.1) is 0 Å².